The second-order valence-electron chi connectivity index (χ2n) is 9.97. The van der Waals surface area contributed by atoms with Crippen LogP contribution in [0.25, 0.3) is 0 Å². The zero-order chi connectivity index (χ0) is 22.5. The average Bonchev–Trinajstić information content (AvgIpc) is 3.20. The van der Waals surface area contributed by atoms with E-state index < -0.39 is 17.0 Å². The molecule has 3 heterocycles. The molecule has 1 aromatic carbocycles. The SMILES string of the molecule is CC(C)n1nccc1C1CN(C(=O)C2(F)CC2)CC12CCCN(Cc1ccccc1)C2=O. The summed E-state index contributed by atoms with van der Waals surface area (Å²) in [5, 5.41) is 4.50. The third-order valence-corrected chi connectivity index (χ3v) is 7.43. The summed E-state index contributed by atoms with van der Waals surface area (Å²) in [6.45, 7) is 6.03. The lowest BCUT2D eigenvalue weighted by atomic mass is 9.70. The topological polar surface area (TPSA) is 58.4 Å². The molecule has 2 aromatic rings. The molecular formula is C25H31FN4O2. The molecule has 6 nitrogen and oxygen atoms in total. The summed E-state index contributed by atoms with van der Waals surface area (Å²) >= 11 is 0. The summed E-state index contributed by atoms with van der Waals surface area (Å²) < 4.78 is 16.7. The fourth-order valence-electron chi connectivity index (χ4n) is 5.61. The number of hydrogen-bond acceptors (Lipinski definition) is 3. The summed E-state index contributed by atoms with van der Waals surface area (Å²) in [6, 6.07) is 12.1. The first kappa shape index (κ1) is 21.2. The maximum atomic E-state index is 14.7. The van der Waals surface area contributed by atoms with Crippen LogP contribution < -0.4 is 0 Å². The Kier molecular flexibility index (Phi) is 5.10. The standard InChI is InChI=1S/C25H31FN4O2/c1-18(2)30-21(9-13-27-30)20-16-29(23(32)25(26)11-12-25)17-24(20)10-6-14-28(22(24)31)15-19-7-4-3-5-8-19/h3-5,7-9,13,18,20H,6,10-12,14-17H2,1-2H3. The van der Waals surface area contributed by atoms with Crippen molar-refractivity contribution >= 4 is 11.8 Å². The molecule has 2 atom stereocenters. The third-order valence-electron chi connectivity index (χ3n) is 7.43. The second kappa shape index (κ2) is 7.71. The van der Waals surface area contributed by atoms with Gasteiger partial charge in [-0.15, -0.1) is 0 Å². The van der Waals surface area contributed by atoms with E-state index in [0.717, 1.165) is 17.7 Å². The van der Waals surface area contributed by atoms with Crippen LogP contribution in [0.15, 0.2) is 42.6 Å². The first-order valence-electron chi connectivity index (χ1n) is 11.7. The number of alkyl halides is 1. The largest absolute Gasteiger partial charge is 0.338 e. The zero-order valence-electron chi connectivity index (χ0n) is 18.8. The molecule has 0 bridgehead atoms. The maximum absolute atomic E-state index is 14.7. The number of amides is 2. The molecular weight excluding hydrogens is 407 g/mol. The van der Waals surface area contributed by atoms with Crippen LogP contribution in [0.2, 0.25) is 0 Å². The number of rotatable bonds is 5. The molecule has 1 saturated carbocycles. The quantitative estimate of drug-likeness (QED) is 0.715. The Bertz CT molecular complexity index is 1020. The van der Waals surface area contributed by atoms with Gasteiger partial charge in [0, 0.05) is 50.0 Å². The summed E-state index contributed by atoms with van der Waals surface area (Å²) in [4.78, 5) is 30.6. The van der Waals surface area contributed by atoms with Gasteiger partial charge in [-0.1, -0.05) is 30.3 Å². The van der Waals surface area contributed by atoms with Gasteiger partial charge < -0.3 is 9.80 Å². The molecule has 3 fully saturated rings. The number of aromatic nitrogens is 2. The molecule has 0 radical (unpaired) electrons. The number of piperidine rings is 1. The summed E-state index contributed by atoms with van der Waals surface area (Å²) in [5.41, 5.74) is -0.404. The minimum Gasteiger partial charge on any atom is -0.338 e. The van der Waals surface area contributed by atoms with Crippen molar-refractivity contribution in [3.05, 3.63) is 53.9 Å². The molecule has 5 rings (SSSR count). The highest BCUT2D eigenvalue weighted by Gasteiger charge is 2.61. The lowest BCUT2D eigenvalue weighted by Gasteiger charge is -2.42. The Morgan fingerprint density at radius 2 is 1.94 bits per heavy atom. The van der Waals surface area contributed by atoms with Crippen LogP contribution >= 0.6 is 0 Å². The van der Waals surface area contributed by atoms with Crippen molar-refractivity contribution in [2.45, 2.75) is 63.7 Å². The van der Waals surface area contributed by atoms with Crippen molar-refractivity contribution in [2.75, 3.05) is 19.6 Å². The predicted molar refractivity (Wildman–Crippen MR) is 119 cm³/mol. The van der Waals surface area contributed by atoms with Crippen molar-refractivity contribution in [1.82, 2.24) is 19.6 Å². The first-order chi connectivity index (χ1) is 15.3. The van der Waals surface area contributed by atoms with Gasteiger partial charge in [0.2, 0.25) is 5.91 Å². The second-order valence-corrected chi connectivity index (χ2v) is 9.97. The first-order valence-corrected chi connectivity index (χ1v) is 11.7. The molecule has 1 spiro atoms. The molecule has 1 aromatic heterocycles. The van der Waals surface area contributed by atoms with E-state index >= 15 is 0 Å². The van der Waals surface area contributed by atoms with Crippen molar-refractivity contribution in [3.63, 3.8) is 0 Å². The van der Waals surface area contributed by atoms with E-state index in [4.69, 9.17) is 0 Å². The van der Waals surface area contributed by atoms with Crippen LogP contribution in [0.5, 0.6) is 0 Å². The monoisotopic (exact) mass is 438 g/mol. The van der Waals surface area contributed by atoms with Gasteiger partial charge in [0.25, 0.3) is 5.91 Å². The van der Waals surface area contributed by atoms with Gasteiger partial charge in [0.15, 0.2) is 5.67 Å². The van der Waals surface area contributed by atoms with Crippen LogP contribution in [-0.2, 0) is 16.1 Å². The molecule has 2 amide bonds. The van der Waals surface area contributed by atoms with E-state index in [1.54, 1.807) is 11.1 Å². The fourth-order valence-corrected chi connectivity index (χ4v) is 5.61. The third kappa shape index (κ3) is 3.42. The Hall–Kier alpha value is -2.70. The molecule has 7 heteroatoms. The predicted octanol–water partition coefficient (Wildman–Crippen LogP) is 3.70. The van der Waals surface area contributed by atoms with Gasteiger partial charge in [0.1, 0.15) is 0 Å². The number of benzene rings is 1. The fraction of sp³-hybridized carbons (Fsp3) is 0.560. The van der Waals surface area contributed by atoms with Crippen molar-refractivity contribution in [1.29, 1.82) is 0 Å². The molecule has 3 aliphatic rings. The van der Waals surface area contributed by atoms with E-state index in [2.05, 4.69) is 18.9 Å². The smallest absolute Gasteiger partial charge is 0.260 e. The summed E-state index contributed by atoms with van der Waals surface area (Å²) in [6.07, 6.45) is 3.91. The van der Waals surface area contributed by atoms with Crippen LogP contribution in [0, 0.1) is 5.41 Å². The molecule has 2 saturated heterocycles. The number of carbonyl (C=O) groups is 2. The number of halogens is 1. The van der Waals surface area contributed by atoms with Crippen LogP contribution in [0.3, 0.4) is 0 Å². The molecule has 32 heavy (non-hydrogen) atoms. The maximum Gasteiger partial charge on any atom is 0.260 e. The molecule has 170 valence electrons. The summed E-state index contributed by atoms with van der Waals surface area (Å²) in [5.74, 6) is -0.555. The number of hydrogen-bond donors (Lipinski definition) is 0. The van der Waals surface area contributed by atoms with Crippen LogP contribution in [0.4, 0.5) is 4.39 Å². The Morgan fingerprint density at radius 1 is 1.19 bits per heavy atom. The van der Waals surface area contributed by atoms with E-state index in [1.165, 1.54) is 0 Å². The lowest BCUT2D eigenvalue weighted by Crippen LogP contribution is -2.52. The van der Waals surface area contributed by atoms with Gasteiger partial charge in [-0.25, -0.2) is 4.39 Å². The highest BCUT2D eigenvalue weighted by atomic mass is 19.1. The van der Waals surface area contributed by atoms with Crippen molar-refractivity contribution < 1.29 is 14.0 Å². The highest BCUT2D eigenvalue weighted by Crippen LogP contribution is 2.52. The van der Waals surface area contributed by atoms with E-state index in [1.807, 2.05) is 46.0 Å². The highest BCUT2D eigenvalue weighted by molar-refractivity contribution is 5.91. The summed E-state index contributed by atoms with van der Waals surface area (Å²) in [7, 11) is 0. The normalized spacial score (nSPS) is 26.9. The molecule has 2 aliphatic heterocycles. The average molecular weight is 439 g/mol. The minimum absolute atomic E-state index is 0.0770. The lowest BCUT2D eigenvalue weighted by molar-refractivity contribution is -0.148. The Morgan fingerprint density at radius 3 is 2.62 bits per heavy atom. The van der Waals surface area contributed by atoms with E-state index in [9.17, 15) is 14.0 Å². The Labute approximate surface area is 188 Å². The number of nitrogens with zero attached hydrogens (tertiary/aromatic N) is 4. The zero-order valence-corrected chi connectivity index (χ0v) is 18.8. The van der Waals surface area contributed by atoms with Crippen molar-refractivity contribution in [3.8, 4) is 0 Å². The van der Waals surface area contributed by atoms with Gasteiger partial charge >= 0.3 is 0 Å². The van der Waals surface area contributed by atoms with Gasteiger partial charge in [-0.2, -0.15) is 5.10 Å². The molecule has 1 aliphatic carbocycles. The van der Waals surface area contributed by atoms with Crippen LogP contribution in [0.1, 0.15) is 62.7 Å². The number of likely N-dealkylation sites (tertiary alicyclic amines) is 2. The van der Waals surface area contributed by atoms with Gasteiger partial charge in [-0.3, -0.25) is 14.3 Å². The van der Waals surface area contributed by atoms with Gasteiger partial charge in [0.05, 0.1) is 5.41 Å². The molecule has 2 unspecified atom stereocenters. The Balaban J connectivity index is 1.51. The minimum atomic E-state index is -1.73. The van der Waals surface area contributed by atoms with E-state index in [0.29, 0.717) is 26.1 Å². The van der Waals surface area contributed by atoms with Crippen LogP contribution in [-0.4, -0.2) is 56.7 Å². The number of carbonyl (C=O) groups excluding carboxylic acids is 2. The van der Waals surface area contributed by atoms with Crippen molar-refractivity contribution in [2.24, 2.45) is 5.41 Å². The van der Waals surface area contributed by atoms with E-state index in [-0.39, 0.29) is 37.3 Å². The molecule has 0 N–H and O–H groups in total. The van der Waals surface area contributed by atoms with Gasteiger partial charge in [-0.05, 0) is 51.2 Å².